The van der Waals surface area contributed by atoms with Gasteiger partial charge in [0.15, 0.2) is 0 Å². The quantitative estimate of drug-likeness (QED) is 0.666. The van der Waals surface area contributed by atoms with Gasteiger partial charge in [0, 0.05) is 17.8 Å². The van der Waals surface area contributed by atoms with Crippen LogP contribution in [0, 0.1) is 17.0 Å². The van der Waals surface area contributed by atoms with Crippen molar-refractivity contribution >= 4 is 28.9 Å². The maximum absolute atomic E-state index is 11.9. The molecule has 0 radical (unpaired) electrons. The predicted octanol–water partition coefficient (Wildman–Crippen LogP) is 2.53. The first-order valence-electron chi connectivity index (χ1n) is 5.24. The van der Waals surface area contributed by atoms with Crippen molar-refractivity contribution < 1.29 is 9.72 Å². The summed E-state index contributed by atoms with van der Waals surface area (Å²) < 4.78 is 0. The Morgan fingerprint density at radius 1 is 1.53 bits per heavy atom. The number of aryl methyl sites for hydroxylation is 1. The summed E-state index contributed by atoms with van der Waals surface area (Å²) in [5.41, 5.74) is 0.978. The number of carbonyl (C=O) groups excluding carboxylic acids is 1. The van der Waals surface area contributed by atoms with Crippen LogP contribution in [-0.4, -0.2) is 21.0 Å². The zero-order valence-corrected chi connectivity index (χ0v) is 10.6. The van der Waals surface area contributed by atoms with Crippen LogP contribution in [0.4, 0.5) is 11.4 Å². The average molecular weight is 281 g/mol. The molecule has 1 heterocycles. The van der Waals surface area contributed by atoms with E-state index < -0.39 is 10.8 Å². The zero-order valence-electron chi connectivity index (χ0n) is 9.81. The molecule has 0 aliphatic heterocycles. The molecule has 0 spiro atoms. The molecular weight excluding hydrogens is 272 g/mol. The highest BCUT2D eigenvalue weighted by Gasteiger charge is 2.15. The molecule has 1 aromatic carbocycles. The molecule has 7 nitrogen and oxygen atoms in total. The third-order valence-electron chi connectivity index (χ3n) is 2.48. The van der Waals surface area contributed by atoms with Gasteiger partial charge in [-0.05, 0) is 13.0 Å². The Bertz CT molecular complexity index is 653. The minimum atomic E-state index is -0.560. The van der Waals surface area contributed by atoms with Crippen LogP contribution >= 0.6 is 11.6 Å². The Balaban J connectivity index is 2.28. The highest BCUT2D eigenvalue weighted by Crippen LogP contribution is 2.27. The second kappa shape index (κ2) is 5.07. The minimum absolute atomic E-state index is 0.149. The summed E-state index contributed by atoms with van der Waals surface area (Å²) >= 11 is 5.89. The number of halogens is 1. The molecule has 0 saturated heterocycles. The number of nitro groups is 1. The number of hydrogen-bond acceptors (Lipinski definition) is 4. The van der Waals surface area contributed by atoms with Crippen LogP contribution in [0.5, 0.6) is 0 Å². The van der Waals surface area contributed by atoms with E-state index in [4.69, 9.17) is 11.6 Å². The lowest BCUT2D eigenvalue weighted by molar-refractivity contribution is -0.384. The van der Waals surface area contributed by atoms with E-state index in [0.717, 1.165) is 0 Å². The van der Waals surface area contributed by atoms with E-state index in [9.17, 15) is 14.9 Å². The first-order valence-corrected chi connectivity index (χ1v) is 5.62. The van der Waals surface area contributed by atoms with Gasteiger partial charge in [-0.2, -0.15) is 5.10 Å². The second-order valence-corrected chi connectivity index (χ2v) is 4.19. The number of benzene rings is 1. The number of non-ortho nitro benzene ring substituents is 1. The standard InChI is InChI=1S/C11H9ClN4O3/c1-6-8(5-13-15-6)11(17)14-10-4-7(16(18)19)2-3-9(10)12/h2-5H,1H3,(H,13,15)(H,14,17). The Morgan fingerprint density at radius 2 is 2.26 bits per heavy atom. The number of rotatable bonds is 3. The molecule has 0 unspecified atom stereocenters. The molecule has 19 heavy (non-hydrogen) atoms. The molecule has 0 aliphatic rings. The molecule has 2 aromatic rings. The number of carbonyl (C=O) groups is 1. The van der Waals surface area contributed by atoms with Gasteiger partial charge in [0.1, 0.15) is 0 Å². The normalized spacial score (nSPS) is 10.2. The summed E-state index contributed by atoms with van der Waals surface area (Å²) in [4.78, 5) is 22.0. The van der Waals surface area contributed by atoms with Crippen LogP contribution in [0.1, 0.15) is 16.1 Å². The Morgan fingerprint density at radius 3 is 2.84 bits per heavy atom. The number of aromatic nitrogens is 2. The Labute approximate surface area is 112 Å². The number of amides is 1. The molecule has 0 atom stereocenters. The molecule has 0 bridgehead atoms. The largest absolute Gasteiger partial charge is 0.320 e. The third-order valence-corrected chi connectivity index (χ3v) is 2.81. The van der Waals surface area contributed by atoms with Crippen molar-refractivity contribution in [1.29, 1.82) is 0 Å². The van der Waals surface area contributed by atoms with E-state index in [-0.39, 0.29) is 16.4 Å². The molecule has 1 amide bonds. The predicted molar refractivity (Wildman–Crippen MR) is 69.4 cm³/mol. The lowest BCUT2D eigenvalue weighted by Crippen LogP contribution is -2.12. The van der Waals surface area contributed by atoms with Gasteiger partial charge < -0.3 is 5.32 Å². The minimum Gasteiger partial charge on any atom is -0.320 e. The summed E-state index contributed by atoms with van der Waals surface area (Å²) in [6.45, 7) is 1.69. The van der Waals surface area contributed by atoms with Crippen molar-refractivity contribution in [3.05, 3.63) is 50.8 Å². The topological polar surface area (TPSA) is 101 Å². The highest BCUT2D eigenvalue weighted by atomic mass is 35.5. The fraction of sp³-hybridized carbons (Fsp3) is 0.0909. The number of nitro benzene ring substituents is 1. The van der Waals surface area contributed by atoms with Crippen LogP contribution in [0.15, 0.2) is 24.4 Å². The van der Waals surface area contributed by atoms with Crippen LogP contribution in [0.3, 0.4) is 0 Å². The number of anilines is 1. The monoisotopic (exact) mass is 280 g/mol. The smallest absolute Gasteiger partial charge is 0.271 e. The zero-order chi connectivity index (χ0) is 14.0. The van der Waals surface area contributed by atoms with Crippen LogP contribution in [-0.2, 0) is 0 Å². The van der Waals surface area contributed by atoms with Gasteiger partial charge in [-0.15, -0.1) is 0 Å². The van der Waals surface area contributed by atoms with Gasteiger partial charge in [-0.1, -0.05) is 11.6 Å². The number of nitrogens with one attached hydrogen (secondary N) is 2. The van der Waals surface area contributed by atoms with Crippen LogP contribution < -0.4 is 5.32 Å². The summed E-state index contributed by atoms with van der Waals surface area (Å²) in [5.74, 6) is -0.436. The first kappa shape index (κ1) is 13.0. The molecule has 2 rings (SSSR count). The average Bonchev–Trinajstić information content (AvgIpc) is 2.78. The fourth-order valence-electron chi connectivity index (χ4n) is 1.49. The fourth-order valence-corrected chi connectivity index (χ4v) is 1.66. The highest BCUT2D eigenvalue weighted by molar-refractivity contribution is 6.34. The molecule has 98 valence electrons. The van der Waals surface area contributed by atoms with E-state index in [1.54, 1.807) is 6.92 Å². The van der Waals surface area contributed by atoms with E-state index in [2.05, 4.69) is 15.5 Å². The Hall–Kier alpha value is -2.41. The van der Waals surface area contributed by atoms with Crippen molar-refractivity contribution in [3.8, 4) is 0 Å². The lowest BCUT2D eigenvalue weighted by Gasteiger charge is -2.06. The van der Waals surface area contributed by atoms with Gasteiger partial charge in [0.25, 0.3) is 11.6 Å². The lowest BCUT2D eigenvalue weighted by atomic mass is 10.2. The summed E-state index contributed by atoms with van der Waals surface area (Å²) in [6.07, 6.45) is 1.37. The Kier molecular flexibility index (Phi) is 3.48. The van der Waals surface area contributed by atoms with Gasteiger partial charge in [-0.25, -0.2) is 0 Å². The first-order chi connectivity index (χ1) is 8.99. The van der Waals surface area contributed by atoms with E-state index >= 15 is 0 Å². The van der Waals surface area contributed by atoms with E-state index in [1.165, 1.54) is 24.4 Å². The number of H-pyrrole nitrogens is 1. The molecule has 0 aliphatic carbocycles. The van der Waals surface area contributed by atoms with Crippen molar-refractivity contribution in [1.82, 2.24) is 10.2 Å². The molecule has 0 saturated carbocycles. The number of nitrogens with zero attached hydrogens (tertiary/aromatic N) is 2. The number of aromatic amines is 1. The van der Waals surface area contributed by atoms with Gasteiger partial charge >= 0.3 is 0 Å². The van der Waals surface area contributed by atoms with Crippen molar-refractivity contribution in [2.24, 2.45) is 0 Å². The van der Waals surface area contributed by atoms with E-state index in [0.29, 0.717) is 11.3 Å². The van der Waals surface area contributed by atoms with Gasteiger partial charge in [0.05, 0.1) is 27.4 Å². The maximum Gasteiger partial charge on any atom is 0.271 e. The summed E-state index contributed by atoms with van der Waals surface area (Å²) in [7, 11) is 0. The molecule has 2 N–H and O–H groups in total. The van der Waals surface area contributed by atoms with Gasteiger partial charge in [-0.3, -0.25) is 20.0 Å². The second-order valence-electron chi connectivity index (χ2n) is 3.78. The van der Waals surface area contributed by atoms with Crippen LogP contribution in [0.25, 0.3) is 0 Å². The maximum atomic E-state index is 11.9. The molecule has 1 aromatic heterocycles. The number of hydrogen-bond donors (Lipinski definition) is 2. The molecule has 8 heteroatoms. The molecule has 0 fully saturated rings. The molecular formula is C11H9ClN4O3. The van der Waals surface area contributed by atoms with Crippen LogP contribution in [0.2, 0.25) is 5.02 Å². The summed E-state index contributed by atoms with van der Waals surface area (Å²) in [6, 6.07) is 3.83. The van der Waals surface area contributed by atoms with Crippen molar-refractivity contribution in [3.63, 3.8) is 0 Å². The van der Waals surface area contributed by atoms with Crippen molar-refractivity contribution in [2.75, 3.05) is 5.32 Å². The van der Waals surface area contributed by atoms with Crippen molar-refractivity contribution in [2.45, 2.75) is 6.92 Å². The summed E-state index contributed by atoms with van der Waals surface area (Å²) in [5, 5.41) is 19.8. The third kappa shape index (κ3) is 2.71. The van der Waals surface area contributed by atoms with E-state index in [1.807, 2.05) is 0 Å². The van der Waals surface area contributed by atoms with Gasteiger partial charge in [0.2, 0.25) is 0 Å². The SMILES string of the molecule is Cc1[nH]ncc1C(=O)Nc1cc([N+](=O)[O-])ccc1Cl.